The van der Waals surface area contributed by atoms with Crippen molar-refractivity contribution in [2.45, 2.75) is 18.1 Å². The topological polar surface area (TPSA) is 91.3 Å². The van der Waals surface area contributed by atoms with Crippen molar-refractivity contribution >= 4 is 10.1 Å². The summed E-state index contributed by atoms with van der Waals surface area (Å²) < 4.78 is 44.3. The molecule has 0 saturated carbocycles. The molecule has 0 fully saturated rings. The van der Waals surface area contributed by atoms with Crippen LogP contribution < -0.4 is 0 Å². The standard InChI is InChI=1S/C14H22O7S/c1-12-3-5-13(6-4-12)22(16,17)21-14(18-2)11-20-10-9-19-8-7-15/h3-6,14-15H,7-11H2,1-2H3. The van der Waals surface area contributed by atoms with Crippen LogP contribution in [0.5, 0.6) is 0 Å². The van der Waals surface area contributed by atoms with E-state index in [2.05, 4.69) is 0 Å². The Kier molecular flexibility index (Phi) is 8.54. The third kappa shape index (κ3) is 6.82. The van der Waals surface area contributed by atoms with Gasteiger partial charge in [-0.15, -0.1) is 0 Å². The van der Waals surface area contributed by atoms with Gasteiger partial charge in [0.15, 0.2) is 6.29 Å². The summed E-state index contributed by atoms with van der Waals surface area (Å²) in [5.74, 6) is 0. The summed E-state index contributed by atoms with van der Waals surface area (Å²) in [5.41, 5.74) is 0.952. The van der Waals surface area contributed by atoms with E-state index in [4.69, 9.17) is 23.5 Å². The minimum absolute atomic E-state index is 0.0515. The first-order chi connectivity index (χ1) is 10.5. The summed E-state index contributed by atoms with van der Waals surface area (Å²) in [4.78, 5) is 0.0615. The summed E-state index contributed by atoms with van der Waals surface area (Å²) >= 11 is 0. The predicted octanol–water partition coefficient (Wildman–Crippen LogP) is 0.698. The van der Waals surface area contributed by atoms with Crippen molar-refractivity contribution in [1.82, 2.24) is 0 Å². The van der Waals surface area contributed by atoms with Crippen molar-refractivity contribution in [3.63, 3.8) is 0 Å². The molecule has 22 heavy (non-hydrogen) atoms. The Hall–Kier alpha value is -1.03. The Balaban J connectivity index is 2.45. The van der Waals surface area contributed by atoms with Gasteiger partial charge >= 0.3 is 0 Å². The highest BCUT2D eigenvalue weighted by Crippen LogP contribution is 2.15. The van der Waals surface area contributed by atoms with Gasteiger partial charge in [-0.2, -0.15) is 8.42 Å². The molecule has 0 spiro atoms. The van der Waals surface area contributed by atoms with Crippen molar-refractivity contribution in [3.05, 3.63) is 29.8 Å². The molecule has 126 valence electrons. The third-order valence-corrected chi connectivity index (χ3v) is 3.99. The van der Waals surface area contributed by atoms with Crippen LogP contribution in [0.3, 0.4) is 0 Å². The van der Waals surface area contributed by atoms with Gasteiger partial charge in [-0.25, -0.2) is 4.18 Å². The molecule has 0 amide bonds. The molecule has 0 aromatic heterocycles. The molecule has 0 heterocycles. The SMILES string of the molecule is COC(COCCOCCO)OS(=O)(=O)c1ccc(C)cc1. The van der Waals surface area contributed by atoms with Crippen LogP contribution in [0.2, 0.25) is 0 Å². The van der Waals surface area contributed by atoms with E-state index in [1.54, 1.807) is 12.1 Å². The van der Waals surface area contributed by atoms with Gasteiger partial charge in [0.05, 0.1) is 37.9 Å². The van der Waals surface area contributed by atoms with Crippen LogP contribution in [0.15, 0.2) is 29.2 Å². The van der Waals surface area contributed by atoms with E-state index in [1.165, 1.54) is 19.2 Å². The highest BCUT2D eigenvalue weighted by Gasteiger charge is 2.21. The van der Waals surface area contributed by atoms with E-state index in [1.807, 2.05) is 6.92 Å². The summed E-state index contributed by atoms with van der Waals surface area (Å²) in [5, 5.41) is 8.53. The molecule has 1 aromatic rings. The van der Waals surface area contributed by atoms with Crippen LogP contribution in [0.25, 0.3) is 0 Å². The van der Waals surface area contributed by atoms with Crippen molar-refractivity contribution in [1.29, 1.82) is 0 Å². The molecule has 0 radical (unpaired) electrons. The molecule has 1 unspecified atom stereocenters. The van der Waals surface area contributed by atoms with Gasteiger partial charge in [0.1, 0.15) is 0 Å². The normalized spacial score (nSPS) is 13.2. The van der Waals surface area contributed by atoms with Crippen LogP contribution in [-0.4, -0.2) is 60.0 Å². The van der Waals surface area contributed by atoms with Gasteiger partial charge in [0.2, 0.25) is 0 Å². The Labute approximate surface area is 130 Å². The maximum absolute atomic E-state index is 12.1. The maximum atomic E-state index is 12.1. The first-order valence-electron chi connectivity index (χ1n) is 6.78. The third-order valence-electron chi connectivity index (χ3n) is 2.67. The van der Waals surface area contributed by atoms with E-state index in [9.17, 15) is 8.42 Å². The van der Waals surface area contributed by atoms with Gasteiger partial charge in [-0.05, 0) is 19.1 Å². The van der Waals surface area contributed by atoms with Gasteiger partial charge < -0.3 is 19.3 Å². The minimum atomic E-state index is -3.91. The smallest absolute Gasteiger partial charge is 0.299 e. The summed E-state index contributed by atoms with van der Waals surface area (Å²) in [6.45, 7) is 2.52. The van der Waals surface area contributed by atoms with Crippen molar-refractivity contribution in [3.8, 4) is 0 Å². The number of hydrogen-bond donors (Lipinski definition) is 1. The molecule has 8 heteroatoms. The second-order valence-corrected chi connectivity index (χ2v) is 6.01. The highest BCUT2D eigenvalue weighted by atomic mass is 32.2. The monoisotopic (exact) mass is 334 g/mol. The lowest BCUT2D eigenvalue weighted by Crippen LogP contribution is -2.26. The fourth-order valence-corrected chi connectivity index (χ4v) is 2.50. The molecule has 1 rings (SSSR count). The van der Waals surface area contributed by atoms with Crippen LogP contribution in [0, 0.1) is 6.92 Å². The minimum Gasteiger partial charge on any atom is -0.394 e. The number of benzene rings is 1. The molecule has 1 N–H and O–H groups in total. The lowest BCUT2D eigenvalue weighted by molar-refractivity contribution is -0.104. The molecule has 7 nitrogen and oxygen atoms in total. The van der Waals surface area contributed by atoms with E-state index in [0.29, 0.717) is 6.61 Å². The average Bonchev–Trinajstić information content (AvgIpc) is 2.49. The predicted molar refractivity (Wildman–Crippen MR) is 79.0 cm³/mol. The lowest BCUT2D eigenvalue weighted by atomic mass is 10.2. The molecule has 1 aromatic carbocycles. The van der Waals surface area contributed by atoms with Gasteiger partial charge in [0, 0.05) is 7.11 Å². The summed E-state index contributed by atoms with van der Waals surface area (Å²) in [6.07, 6.45) is -1.04. The number of aliphatic hydroxyl groups excluding tert-OH is 1. The Morgan fingerprint density at radius 1 is 1.09 bits per heavy atom. The summed E-state index contributed by atoms with van der Waals surface area (Å²) in [6, 6.07) is 6.32. The Bertz CT molecular complexity index is 512. The van der Waals surface area contributed by atoms with E-state index in [-0.39, 0.29) is 31.3 Å². The Morgan fingerprint density at radius 3 is 2.32 bits per heavy atom. The first-order valence-corrected chi connectivity index (χ1v) is 8.19. The van der Waals surface area contributed by atoms with Crippen molar-refractivity contribution < 1.29 is 31.9 Å². The van der Waals surface area contributed by atoms with E-state index < -0.39 is 16.4 Å². The van der Waals surface area contributed by atoms with E-state index in [0.717, 1.165) is 5.56 Å². The molecule has 0 bridgehead atoms. The second kappa shape index (κ2) is 9.88. The zero-order chi connectivity index (χ0) is 16.4. The largest absolute Gasteiger partial charge is 0.394 e. The van der Waals surface area contributed by atoms with Crippen LogP contribution in [0.1, 0.15) is 5.56 Å². The second-order valence-electron chi connectivity index (χ2n) is 4.44. The maximum Gasteiger partial charge on any atom is 0.299 e. The van der Waals surface area contributed by atoms with Gasteiger partial charge in [-0.3, -0.25) is 0 Å². The number of methoxy groups -OCH3 is 1. The van der Waals surface area contributed by atoms with E-state index >= 15 is 0 Å². The quantitative estimate of drug-likeness (QED) is 0.362. The van der Waals surface area contributed by atoms with Gasteiger partial charge in [-0.1, -0.05) is 17.7 Å². The average molecular weight is 334 g/mol. The molecule has 0 aliphatic carbocycles. The number of hydrogen-bond acceptors (Lipinski definition) is 7. The number of aliphatic hydroxyl groups is 1. The van der Waals surface area contributed by atoms with Crippen molar-refractivity contribution in [2.24, 2.45) is 0 Å². The Morgan fingerprint density at radius 2 is 1.73 bits per heavy atom. The number of aryl methyl sites for hydroxylation is 1. The molecule has 0 aliphatic rings. The fourth-order valence-electron chi connectivity index (χ4n) is 1.50. The molecule has 0 aliphatic heterocycles. The number of ether oxygens (including phenoxy) is 3. The lowest BCUT2D eigenvalue weighted by Gasteiger charge is -2.16. The zero-order valence-electron chi connectivity index (χ0n) is 12.7. The zero-order valence-corrected chi connectivity index (χ0v) is 13.5. The van der Waals surface area contributed by atoms with Crippen LogP contribution in [-0.2, 0) is 28.5 Å². The molecule has 1 atom stereocenters. The number of rotatable bonds is 11. The molecule has 0 saturated heterocycles. The van der Waals surface area contributed by atoms with Gasteiger partial charge in [0.25, 0.3) is 10.1 Å². The fraction of sp³-hybridized carbons (Fsp3) is 0.571. The summed E-state index contributed by atoms with van der Waals surface area (Å²) in [7, 11) is -2.57. The molecular weight excluding hydrogens is 312 g/mol. The van der Waals surface area contributed by atoms with Crippen molar-refractivity contribution in [2.75, 3.05) is 40.1 Å². The van der Waals surface area contributed by atoms with Crippen LogP contribution in [0.4, 0.5) is 0 Å². The van der Waals surface area contributed by atoms with Crippen LogP contribution >= 0.6 is 0 Å². The molecular formula is C14H22O7S. The first kappa shape index (κ1) is 19.0. The highest BCUT2D eigenvalue weighted by molar-refractivity contribution is 7.86.